The Labute approximate surface area is 163 Å². The van der Waals surface area contributed by atoms with E-state index in [4.69, 9.17) is 14.4 Å². The third-order valence-corrected chi connectivity index (χ3v) is 3.85. The highest BCUT2D eigenvalue weighted by Gasteiger charge is 2.38. The van der Waals surface area contributed by atoms with Gasteiger partial charge in [0, 0.05) is 37.4 Å². The number of pyridine rings is 1. The summed E-state index contributed by atoms with van der Waals surface area (Å²) < 4.78 is 36.8. The zero-order valence-corrected chi connectivity index (χ0v) is 15.6. The highest BCUT2D eigenvalue weighted by atomic mass is 19.4. The summed E-state index contributed by atoms with van der Waals surface area (Å²) in [6.07, 6.45) is -1.26. The van der Waals surface area contributed by atoms with Crippen LogP contribution in [0.25, 0.3) is 10.8 Å². The first kappa shape index (κ1) is 21.9. The lowest BCUT2D eigenvalue weighted by molar-refractivity contribution is -0.192. The summed E-state index contributed by atoms with van der Waals surface area (Å²) in [7, 11) is 1.80. The lowest BCUT2D eigenvalue weighted by Gasteiger charge is -2.17. The van der Waals surface area contributed by atoms with E-state index in [1.54, 1.807) is 24.2 Å². The predicted molar refractivity (Wildman–Crippen MR) is 96.9 cm³/mol. The summed E-state index contributed by atoms with van der Waals surface area (Å²) in [5.41, 5.74) is 1.89. The van der Waals surface area contributed by atoms with Crippen LogP contribution in [0.2, 0.25) is 0 Å². The van der Waals surface area contributed by atoms with Crippen molar-refractivity contribution in [3.8, 4) is 0 Å². The summed E-state index contributed by atoms with van der Waals surface area (Å²) in [5, 5.41) is 13.1. The van der Waals surface area contributed by atoms with Crippen molar-refractivity contribution in [3.05, 3.63) is 59.7 Å². The van der Waals surface area contributed by atoms with Crippen molar-refractivity contribution < 1.29 is 32.4 Å². The smallest absolute Gasteiger partial charge is 0.475 e. The molecule has 154 valence electrons. The van der Waals surface area contributed by atoms with Crippen molar-refractivity contribution in [3.63, 3.8) is 0 Å². The number of aryl methyl sites for hydroxylation is 1. The van der Waals surface area contributed by atoms with Crippen LogP contribution in [0.3, 0.4) is 0 Å². The highest BCUT2D eigenvalue weighted by Crippen LogP contribution is 2.19. The number of amides is 1. The van der Waals surface area contributed by atoms with Crippen LogP contribution in [0, 0.1) is 6.92 Å². The first-order valence-corrected chi connectivity index (χ1v) is 8.36. The van der Waals surface area contributed by atoms with Gasteiger partial charge in [0.25, 0.3) is 0 Å². The van der Waals surface area contributed by atoms with E-state index < -0.39 is 12.1 Å². The van der Waals surface area contributed by atoms with Gasteiger partial charge in [-0.05, 0) is 23.9 Å². The molecule has 0 spiro atoms. The van der Waals surface area contributed by atoms with Crippen LogP contribution < -0.4 is 0 Å². The third kappa shape index (κ3) is 6.30. The Bertz CT molecular complexity index is 996. The molecular formula is C19H18F3N3O4. The molecule has 0 saturated heterocycles. The fourth-order valence-electron chi connectivity index (χ4n) is 2.45. The number of benzene rings is 1. The van der Waals surface area contributed by atoms with Gasteiger partial charge in [-0.1, -0.05) is 23.4 Å². The normalized spacial score (nSPS) is 10.9. The molecule has 1 aromatic carbocycles. The molecule has 3 aromatic rings. The Kier molecular flexibility index (Phi) is 6.92. The molecule has 0 saturated carbocycles. The van der Waals surface area contributed by atoms with Crippen molar-refractivity contribution in [2.24, 2.45) is 0 Å². The predicted octanol–water partition coefficient (Wildman–Crippen LogP) is 3.37. The van der Waals surface area contributed by atoms with Crippen molar-refractivity contribution >= 4 is 22.6 Å². The summed E-state index contributed by atoms with van der Waals surface area (Å²) in [4.78, 5) is 27.0. The van der Waals surface area contributed by atoms with Gasteiger partial charge in [-0.2, -0.15) is 13.2 Å². The molecular weight excluding hydrogens is 391 g/mol. The number of halogens is 3. The van der Waals surface area contributed by atoms with Crippen LogP contribution in [0.1, 0.15) is 17.0 Å². The van der Waals surface area contributed by atoms with E-state index in [0.29, 0.717) is 12.3 Å². The molecule has 2 heterocycles. The average Bonchev–Trinajstić information content (AvgIpc) is 3.06. The molecule has 1 N–H and O–H groups in total. The zero-order valence-electron chi connectivity index (χ0n) is 15.6. The summed E-state index contributed by atoms with van der Waals surface area (Å²) in [6, 6.07) is 9.80. The number of hydrogen-bond acceptors (Lipinski definition) is 5. The number of aromatic nitrogens is 2. The van der Waals surface area contributed by atoms with E-state index in [9.17, 15) is 18.0 Å². The topological polar surface area (TPSA) is 96.5 Å². The van der Waals surface area contributed by atoms with Crippen molar-refractivity contribution in [2.45, 2.75) is 26.1 Å². The molecule has 0 bridgehead atoms. The van der Waals surface area contributed by atoms with E-state index >= 15 is 0 Å². The second-order valence-electron chi connectivity index (χ2n) is 6.18. The summed E-state index contributed by atoms with van der Waals surface area (Å²) >= 11 is 0. The van der Waals surface area contributed by atoms with Gasteiger partial charge in [-0.15, -0.1) is 0 Å². The van der Waals surface area contributed by atoms with Gasteiger partial charge in [0.15, 0.2) is 0 Å². The van der Waals surface area contributed by atoms with Gasteiger partial charge in [0.2, 0.25) is 5.91 Å². The molecule has 3 rings (SSSR count). The van der Waals surface area contributed by atoms with Gasteiger partial charge < -0.3 is 14.5 Å². The standard InChI is InChI=1S/C17H17N3O2.C2HF3O2/c1-12-8-15(22-19-12)9-17(21)20(2)11-14-5-3-4-13-10-18-7-6-16(13)14;3-2(4,5)1(6)7/h3-8,10H,9,11H2,1-2H3;(H,6,7). The second kappa shape index (κ2) is 9.18. The number of alkyl halides is 3. The van der Waals surface area contributed by atoms with Crippen LogP contribution in [-0.4, -0.2) is 45.2 Å². The number of rotatable bonds is 4. The molecule has 0 aliphatic heterocycles. The molecule has 0 radical (unpaired) electrons. The minimum atomic E-state index is -5.08. The van der Waals surface area contributed by atoms with Gasteiger partial charge in [-0.3, -0.25) is 9.78 Å². The second-order valence-corrected chi connectivity index (χ2v) is 6.18. The quantitative estimate of drug-likeness (QED) is 0.710. The third-order valence-electron chi connectivity index (χ3n) is 3.85. The molecule has 29 heavy (non-hydrogen) atoms. The Morgan fingerprint density at radius 2 is 1.93 bits per heavy atom. The van der Waals surface area contributed by atoms with Crippen molar-refractivity contribution in [2.75, 3.05) is 7.05 Å². The first-order valence-electron chi connectivity index (χ1n) is 8.36. The molecule has 2 aromatic heterocycles. The molecule has 0 aliphatic carbocycles. The molecule has 0 fully saturated rings. The fourth-order valence-corrected chi connectivity index (χ4v) is 2.45. The number of carbonyl (C=O) groups excluding carboxylic acids is 1. The van der Waals surface area contributed by atoms with E-state index in [0.717, 1.165) is 22.0 Å². The van der Waals surface area contributed by atoms with Crippen LogP contribution in [-0.2, 0) is 22.6 Å². The maximum Gasteiger partial charge on any atom is 0.490 e. The number of nitrogens with zero attached hydrogens (tertiary/aromatic N) is 3. The minimum Gasteiger partial charge on any atom is -0.475 e. The maximum absolute atomic E-state index is 12.3. The monoisotopic (exact) mass is 409 g/mol. The number of carboxylic acid groups (broad SMARTS) is 1. The van der Waals surface area contributed by atoms with Crippen LogP contribution in [0.4, 0.5) is 13.2 Å². The Hall–Kier alpha value is -3.43. The highest BCUT2D eigenvalue weighted by molar-refractivity contribution is 5.85. The fraction of sp³-hybridized carbons (Fsp3) is 0.263. The Morgan fingerprint density at radius 1 is 1.24 bits per heavy atom. The molecule has 0 atom stereocenters. The number of carboxylic acids is 1. The number of hydrogen-bond donors (Lipinski definition) is 1. The first-order chi connectivity index (χ1) is 13.6. The number of aliphatic carboxylic acids is 1. The number of fused-ring (bicyclic) bond motifs is 1. The largest absolute Gasteiger partial charge is 0.490 e. The average molecular weight is 409 g/mol. The number of likely N-dealkylation sites (N-methyl/N-ethyl adjacent to an activating group) is 1. The van der Waals surface area contributed by atoms with E-state index in [2.05, 4.69) is 10.1 Å². The molecule has 7 nitrogen and oxygen atoms in total. The van der Waals surface area contributed by atoms with Gasteiger partial charge in [0.05, 0.1) is 12.1 Å². The van der Waals surface area contributed by atoms with Crippen LogP contribution in [0.5, 0.6) is 0 Å². The lowest BCUT2D eigenvalue weighted by Crippen LogP contribution is -2.27. The maximum atomic E-state index is 12.3. The van der Waals surface area contributed by atoms with Gasteiger partial charge in [0.1, 0.15) is 5.76 Å². The Balaban J connectivity index is 0.000000370. The molecule has 10 heteroatoms. The lowest BCUT2D eigenvalue weighted by atomic mass is 10.1. The molecule has 0 aliphatic rings. The zero-order chi connectivity index (χ0) is 21.6. The van der Waals surface area contributed by atoms with E-state index in [-0.39, 0.29) is 12.3 Å². The number of carbonyl (C=O) groups is 2. The molecule has 1 amide bonds. The minimum absolute atomic E-state index is 0.00205. The van der Waals surface area contributed by atoms with Crippen molar-refractivity contribution in [1.29, 1.82) is 0 Å². The van der Waals surface area contributed by atoms with Crippen LogP contribution in [0.15, 0.2) is 47.2 Å². The Morgan fingerprint density at radius 3 is 2.52 bits per heavy atom. The van der Waals surface area contributed by atoms with Gasteiger partial charge in [-0.25, -0.2) is 4.79 Å². The summed E-state index contributed by atoms with van der Waals surface area (Å²) in [6.45, 7) is 2.39. The van der Waals surface area contributed by atoms with Gasteiger partial charge >= 0.3 is 12.1 Å². The molecule has 0 unspecified atom stereocenters. The van der Waals surface area contributed by atoms with Crippen molar-refractivity contribution in [1.82, 2.24) is 15.0 Å². The van der Waals surface area contributed by atoms with E-state index in [1.165, 1.54) is 0 Å². The van der Waals surface area contributed by atoms with E-state index in [1.807, 2.05) is 37.4 Å². The SMILES string of the molecule is Cc1cc(CC(=O)N(C)Cc2cccc3cnccc23)on1.O=C(O)C(F)(F)F. The van der Waals surface area contributed by atoms with Crippen LogP contribution >= 0.6 is 0 Å². The summed E-state index contributed by atoms with van der Waals surface area (Å²) in [5.74, 6) is -2.16.